The summed E-state index contributed by atoms with van der Waals surface area (Å²) in [6.45, 7) is 2.38. The van der Waals surface area contributed by atoms with Gasteiger partial charge in [0, 0.05) is 23.9 Å². The molecule has 4 rings (SSSR count). The number of aryl methyl sites for hydroxylation is 1. The second-order valence-corrected chi connectivity index (χ2v) is 9.49. The van der Waals surface area contributed by atoms with Crippen molar-refractivity contribution in [3.63, 3.8) is 0 Å². The quantitative estimate of drug-likeness (QED) is 0.343. The lowest BCUT2D eigenvalue weighted by atomic mass is 10.1. The van der Waals surface area contributed by atoms with E-state index < -0.39 is 16.1 Å². The average molecular weight is 516 g/mol. The van der Waals surface area contributed by atoms with Gasteiger partial charge in [0.1, 0.15) is 16.4 Å². The highest BCUT2D eigenvalue weighted by atomic mass is 32.2. The van der Waals surface area contributed by atoms with Gasteiger partial charge in [0.05, 0.1) is 39.5 Å². The lowest BCUT2D eigenvalue weighted by Crippen LogP contribution is -2.21. The van der Waals surface area contributed by atoms with Crippen molar-refractivity contribution in [3.8, 4) is 11.5 Å². The molecule has 1 amide bonds. The molecule has 2 heterocycles. The maximum absolute atomic E-state index is 13.1. The minimum atomic E-state index is -4.02. The molecular formula is C23H25N5O7S. The Bertz CT molecular complexity index is 1510. The Morgan fingerprint density at radius 1 is 1.11 bits per heavy atom. The van der Waals surface area contributed by atoms with Crippen LogP contribution in [0.2, 0.25) is 0 Å². The Kier molecular flexibility index (Phi) is 7.01. The first-order valence-corrected chi connectivity index (χ1v) is 12.2. The highest BCUT2D eigenvalue weighted by Gasteiger charge is 2.23. The van der Waals surface area contributed by atoms with Crippen LogP contribution < -0.4 is 19.5 Å². The lowest BCUT2D eigenvalue weighted by molar-refractivity contribution is 0.170. The number of rotatable bonds is 9. The molecule has 0 aliphatic heterocycles. The van der Waals surface area contributed by atoms with Crippen molar-refractivity contribution in [2.24, 2.45) is 0 Å². The van der Waals surface area contributed by atoms with Crippen LogP contribution in [-0.2, 0) is 27.8 Å². The Morgan fingerprint density at radius 2 is 1.89 bits per heavy atom. The molecule has 2 aromatic heterocycles. The van der Waals surface area contributed by atoms with Crippen LogP contribution in [0.3, 0.4) is 0 Å². The van der Waals surface area contributed by atoms with E-state index in [0.717, 1.165) is 16.7 Å². The summed E-state index contributed by atoms with van der Waals surface area (Å²) >= 11 is 0. The molecule has 0 aliphatic carbocycles. The highest BCUT2D eigenvalue weighted by molar-refractivity contribution is 7.92. The molecule has 0 radical (unpaired) electrons. The largest absolute Gasteiger partial charge is 0.496 e. The summed E-state index contributed by atoms with van der Waals surface area (Å²) in [6.07, 6.45) is 2.86. The summed E-state index contributed by atoms with van der Waals surface area (Å²) < 4.78 is 51.1. The fourth-order valence-electron chi connectivity index (χ4n) is 3.58. The van der Waals surface area contributed by atoms with E-state index in [4.69, 9.17) is 14.0 Å². The van der Waals surface area contributed by atoms with E-state index in [1.807, 2.05) is 0 Å². The standard InChI is InChI=1S/C23H25N5O7S/c1-14-5-6-18(32-2)21(7-14)36(30,31)27-22-17-9-19(33-3)16(8-20(17)35-26-22)13-28-12-15(11-25-28)10-24-23(29)34-4/h5-9,11-12H,10,13H2,1-4H3,(H,24,29)(H,26,27). The third kappa shape index (κ3) is 5.20. The fourth-order valence-corrected chi connectivity index (χ4v) is 4.84. The summed E-state index contributed by atoms with van der Waals surface area (Å²) in [5.41, 5.74) is 2.63. The zero-order valence-electron chi connectivity index (χ0n) is 20.1. The number of nitrogens with zero attached hydrogens (tertiary/aromatic N) is 3. The van der Waals surface area contributed by atoms with Crippen molar-refractivity contribution in [2.75, 3.05) is 26.1 Å². The van der Waals surface area contributed by atoms with Crippen LogP contribution in [0.4, 0.5) is 10.6 Å². The van der Waals surface area contributed by atoms with Crippen molar-refractivity contribution in [1.82, 2.24) is 20.3 Å². The zero-order chi connectivity index (χ0) is 25.9. The van der Waals surface area contributed by atoms with Gasteiger partial charge in [-0.05, 0) is 36.8 Å². The number of methoxy groups -OCH3 is 3. The molecular weight excluding hydrogens is 490 g/mol. The van der Waals surface area contributed by atoms with Crippen LogP contribution >= 0.6 is 0 Å². The molecule has 4 aromatic rings. The molecule has 12 nitrogen and oxygen atoms in total. The molecule has 13 heteroatoms. The summed E-state index contributed by atoms with van der Waals surface area (Å²) in [7, 11) is 0.183. The Hall–Kier alpha value is -4.26. The second-order valence-electron chi connectivity index (χ2n) is 7.84. The van der Waals surface area contributed by atoms with Gasteiger partial charge in [0.2, 0.25) is 0 Å². The van der Waals surface area contributed by atoms with Crippen molar-refractivity contribution in [1.29, 1.82) is 0 Å². The number of hydrogen-bond donors (Lipinski definition) is 2. The van der Waals surface area contributed by atoms with Gasteiger partial charge in [-0.1, -0.05) is 11.2 Å². The third-order valence-corrected chi connectivity index (χ3v) is 6.71. The van der Waals surface area contributed by atoms with Gasteiger partial charge < -0.3 is 24.1 Å². The van der Waals surface area contributed by atoms with Crippen molar-refractivity contribution in [3.05, 3.63) is 59.4 Å². The molecule has 0 bridgehead atoms. The molecule has 0 aliphatic rings. The number of sulfonamides is 1. The number of amides is 1. The van der Waals surface area contributed by atoms with Crippen LogP contribution in [0.5, 0.6) is 11.5 Å². The normalized spacial score (nSPS) is 11.3. The van der Waals surface area contributed by atoms with Crippen LogP contribution in [0, 0.1) is 6.92 Å². The number of carbonyl (C=O) groups excluding carboxylic acids is 1. The lowest BCUT2D eigenvalue weighted by Gasteiger charge is -2.11. The minimum absolute atomic E-state index is 0.0130. The van der Waals surface area contributed by atoms with Gasteiger partial charge in [-0.2, -0.15) is 5.10 Å². The number of anilines is 1. The van der Waals surface area contributed by atoms with E-state index in [-0.39, 0.29) is 23.0 Å². The van der Waals surface area contributed by atoms with Gasteiger partial charge >= 0.3 is 6.09 Å². The van der Waals surface area contributed by atoms with Crippen LogP contribution in [0.25, 0.3) is 11.0 Å². The second kappa shape index (κ2) is 10.2. The van der Waals surface area contributed by atoms with Crippen LogP contribution in [-0.4, -0.2) is 50.8 Å². The van der Waals surface area contributed by atoms with Gasteiger partial charge in [0.25, 0.3) is 10.0 Å². The minimum Gasteiger partial charge on any atom is -0.496 e. The average Bonchev–Trinajstić information content (AvgIpc) is 3.48. The molecule has 0 spiro atoms. The number of ether oxygens (including phenoxy) is 3. The molecule has 0 unspecified atom stereocenters. The van der Waals surface area contributed by atoms with E-state index in [9.17, 15) is 13.2 Å². The van der Waals surface area contributed by atoms with Crippen molar-refractivity contribution < 1.29 is 31.9 Å². The van der Waals surface area contributed by atoms with Gasteiger partial charge in [0.15, 0.2) is 11.4 Å². The zero-order valence-corrected chi connectivity index (χ0v) is 20.9. The Balaban J connectivity index is 1.60. The Morgan fingerprint density at radius 3 is 2.61 bits per heavy atom. The molecule has 0 atom stereocenters. The topological polar surface area (TPSA) is 147 Å². The number of fused-ring (bicyclic) bond motifs is 1. The van der Waals surface area contributed by atoms with Gasteiger partial charge in [-0.3, -0.25) is 9.40 Å². The van der Waals surface area contributed by atoms with Crippen molar-refractivity contribution >= 4 is 32.9 Å². The SMILES string of the molecule is COC(=O)NCc1cnn(Cc2cc3onc(NS(=O)(=O)c4cc(C)ccc4OC)c3cc2OC)c1. The monoisotopic (exact) mass is 515 g/mol. The smallest absolute Gasteiger partial charge is 0.407 e. The van der Waals surface area contributed by atoms with Gasteiger partial charge in [-0.25, -0.2) is 13.2 Å². The van der Waals surface area contributed by atoms with E-state index in [2.05, 4.69) is 25.0 Å². The molecule has 0 saturated carbocycles. The number of alkyl carbamates (subject to hydrolysis) is 1. The summed E-state index contributed by atoms with van der Waals surface area (Å²) in [6, 6.07) is 8.22. The summed E-state index contributed by atoms with van der Waals surface area (Å²) in [4.78, 5) is 11.3. The number of hydrogen-bond acceptors (Lipinski definition) is 9. The van der Waals surface area contributed by atoms with Crippen molar-refractivity contribution in [2.45, 2.75) is 24.9 Å². The fraction of sp³-hybridized carbons (Fsp3) is 0.261. The number of nitrogens with one attached hydrogen (secondary N) is 2. The van der Waals surface area contributed by atoms with E-state index in [1.54, 1.807) is 48.3 Å². The van der Waals surface area contributed by atoms with Crippen LogP contribution in [0.15, 0.2) is 52.1 Å². The van der Waals surface area contributed by atoms with E-state index in [0.29, 0.717) is 23.3 Å². The van der Waals surface area contributed by atoms with E-state index >= 15 is 0 Å². The molecule has 0 saturated heterocycles. The molecule has 2 aromatic carbocycles. The first kappa shape index (κ1) is 24.9. The number of carbonyl (C=O) groups is 1. The number of benzene rings is 2. The maximum atomic E-state index is 13.1. The van der Waals surface area contributed by atoms with Crippen LogP contribution in [0.1, 0.15) is 16.7 Å². The maximum Gasteiger partial charge on any atom is 0.407 e. The number of aromatic nitrogens is 3. The third-order valence-electron chi connectivity index (χ3n) is 5.35. The van der Waals surface area contributed by atoms with E-state index in [1.165, 1.54) is 27.4 Å². The molecule has 190 valence electrons. The highest BCUT2D eigenvalue weighted by Crippen LogP contribution is 2.33. The van der Waals surface area contributed by atoms with Gasteiger partial charge in [-0.15, -0.1) is 0 Å². The first-order chi connectivity index (χ1) is 17.2. The molecule has 0 fully saturated rings. The molecule has 36 heavy (non-hydrogen) atoms. The predicted octanol–water partition coefficient (Wildman–Crippen LogP) is 3.06. The Labute approximate surface area is 207 Å². The summed E-state index contributed by atoms with van der Waals surface area (Å²) in [5, 5.41) is 11.2. The first-order valence-electron chi connectivity index (χ1n) is 10.7. The predicted molar refractivity (Wildman–Crippen MR) is 130 cm³/mol. The molecule has 2 N–H and O–H groups in total. The summed E-state index contributed by atoms with van der Waals surface area (Å²) in [5.74, 6) is 0.721.